The fraction of sp³-hybridized carbons (Fsp3) is 0.636. The molecule has 0 heterocycles. The van der Waals surface area contributed by atoms with Crippen molar-refractivity contribution < 1.29 is 0 Å². The molecule has 0 fully saturated rings. The van der Waals surface area contributed by atoms with E-state index in [0.717, 1.165) is 11.8 Å². The summed E-state index contributed by atoms with van der Waals surface area (Å²) < 4.78 is 0. The van der Waals surface area contributed by atoms with Crippen molar-refractivity contribution >= 4 is 0 Å². The lowest BCUT2D eigenvalue weighted by atomic mass is 9.89. The van der Waals surface area contributed by atoms with Crippen LogP contribution in [0.4, 0.5) is 0 Å². The minimum absolute atomic E-state index is 0.778. The van der Waals surface area contributed by atoms with Crippen molar-refractivity contribution in [3.63, 3.8) is 0 Å². The SMILES string of the molecule is C=CC1=C(C)CCC1C(C)C. The first-order valence-electron chi connectivity index (χ1n) is 4.49. The fourth-order valence-corrected chi connectivity index (χ4v) is 2.01. The van der Waals surface area contributed by atoms with Crippen molar-refractivity contribution in [2.24, 2.45) is 11.8 Å². The van der Waals surface area contributed by atoms with Gasteiger partial charge in [-0.1, -0.05) is 32.1 Å². The first-order chi connectivity index (χ1) is 5.16. The lowest BCUT2D eigenvalue weighted by Crippen LogP contribution is -2.06. The van der Waals surface area contributed by atoms with Crippen molar-refractivity contribution in [3.05, 3.63) is 23.8 Å². The van der Waals surface area contributed by atoms with E-state index in [4.69, 9.17) is 0 Å². The summed E-state index contributed by atoms with van der Waals surface area (Å²) >= 11 is 0. The van der Waals surface area contributed by atoms with Gasteiger partial charge < -0.3 is 0 Å². The molecule has 0 spiro atoms. The van der Waals surface area contributed by atoms with Gasteiger partial charge in [0.2, 0.25) is 0 Å². The molecule has 0 bridgehead atoms. The molecule has 0 amide bonds. The maximum Gasteiger partial charge on any atom is -0.0137 e. The molecule has 0 aliphatic heterocycles. The Balaban J connectivity index is 2.80. The van der Waals surface area contributed by atoms with Gasteiger partial charge >= 0.3 is 0 Å². The van der Waals surface area contributed by atoms with Gasteiger partial charge in [-0.15, -0.1) is 0 Å². The van der Waals surface area contributed by atoms with Gasteiger partial charge in [-0.05, 0) is 37.2 Å². The Morgan fingerprint density at radius 2 is 2.18 bits per heavy atom. The average Bonchev–Trinajstić information content (AvgIpc) is 2.30. The van der Waals surface area contributed by atoms with Crippen LogP contribution in [-0.2, 0) is 0 Å². The molecule has 1 atom stereocenters. The summed E-state index contributed by atoms with van der Waals surface area (Å²) in [7, 11) is 0. The fourth-order valence-electron chi connectivity index (χ4n) is 2.01. The highest BCUT2D eigenvalue weighted by Crippen LogP contribution is 2.36. The van der Waals surface area contributed by atoms with Crippen molar-refractivity contribution in [3.8, 4) is 0 Å². The molecule has 0 N–H and O–H groups in total. The summed E-state index contributed by atoms with van der Waals surface area (Å²) in [6.45, 7) is 10.7. The topological polar surface area (TPSA) is 0 Å². The molecule has 0 aromatic carbocycles. The standard InChI is InChI=1S/C11H18/c1-5-10-9(4)6-7-11(10)8(2)3/h5,8,11H,1,6-7H2,2-4H3. The molecule has 0 radical (unpaired) electrons. The van der Waals surface area contributed by atoms with Gasteiger partial charge in [-0.3, -0.25) is 0 Å². The third-order valence-corrected chi connectivity index (χ3v) is 2.75. The van der Waals surface area contributed by atoms with Crippen LogP contribution < -0.4 is 0 Å². The van der Waals surface area contributed by atoms with E-state index >= 15 is 0 Å². The Morgan fingerprint density at radius 1 is 1.55 bits per heavy atom. The van der Waals surface area contributed by atoms with Crippen LogP contribution in [0.3, 0.4) is 0 Å². The summed E-state index contributed by atoms with van der Waals surface area (Å²) in [5.41, 5.74) is 3.07. The van der Waals surface area contributed by atoms with E-state index in [9.17, 15) is 0 Å². The van der Waals surface area contributed by atoms with Crippen molar-refractivity contribution in [2.45, 2.75) is 33.6 Å². The van der Waals surface area contributed by atoms with Crippen LogP contribution in [0.5, 0.6) is 0 Å². The molecule has 0 heteroatoms. The highest BCUT2D eigenvalue weighted by molar-refractivity contribution is 5.30. The van der Waals surface area contributed by atoms with Crippen LogP contribution in [0.25, 0.3) is 0 Å². The second-order valence-corrected chi connectivity index (χ2v) is 3.83. The Labute approximate surface area is 70.0 Å². The van der Waals surface area contributed by atoms with Crippen LogP contribution in [0.1, 0.15) is 33.6 Å². The molecule has 0 saturated heterocycles. The highest BCUT2D eigenvalue weighted by Gasteiger charge is 2.23. The predicted molar refractivity (Wildman–Crippen MR) is 50.5 cm³/mol. The van der Waals surface area contributed by atoms with E-state index in [1.54, 1.807) is 5.57 Å². The second kappa shape index (κ2) is 3.25. The maximum absolute atomic E-state index is 3.87. The third kappa shape index (κ3) is 1.55. The smallest absolute Gasteiger partial charge is 0.0137 e. The Bertz CT molecular complexity index is 184. The zero-order chi connectivity index (χ0) is 8.43. The molecule has 1 unspecified atom stereocenters. The van der Waals surface area contributed by atoms with Gasteiger partial charge in [0, 0.05) is 0 Å². The van der Waals surface area contributed by atoms with Crippen LogP contribution in [0.2, 0.25) is 0 Å². The van der Waals surface area contributed by atoms with Crippen LogP contribution in [0, 0.1) is 11.8 Å². The van der Waals surface area contributed by atoms with Gasteiger partial charge in [0.15, 0.2) is 0 Å². The molecule has 0 saturated carbocycles. The summed E-state index contributed by atoms with van der Waals surface area (Å²) in [6, 6.07) is 0. The van der Waals surface area contributed by atoms with E-state index in [2.05, 4.69) is 27.4 Å². The minimum Gasteiger partial charge on any atom is -0.0988 e. The van der Waals surface area contributed by atoms with Gasteiger partial charge in [0.25, 0.3) is 0 Å². The van der Waals surface area contributed by atoms with Gasteiger partial charge in [-0.25, -0.2) is 0 Å². The third-order valence-electron chi connectivity index (χ3n) is 2.75. The Kier molecular flexibility index (Phi) is 2.53. The summed E-state index contributed by atoms with van der Waals surface area (Å²) in [5.74, 6) is 1.56. The first-order valence-corrected chi connectivity index (χ1v) is 4.49. The minimum atomic E-state index is 0.778. The molecule has 0 nitrogen and oxygen atoms in total. The number of rotatable bonds is 2. The Morgan fingerprint density at radius 3 is 2.55 bits per heavy atom. The second-order valence-electron chi connectivity index (χ2n) is 3.83. The van der Waals surface area contributed by atoms with E-state index in [0.29, 0.717) is 0 Å². The van der Waals surface area contributed by atoms with Crippen LogP contribution in [-0.4, -0.2) is 0 Å². The zero-order valence-electron chi connectivity index (χ0n) is 7.85. The summed E-state index contributed by atoms with van der Waals surface area (Å²) in [5, 5.41) is 0. The lowest BCUT2D eigenvalue weighted by Gasteiger charge is -2.16. The molecule has 1 aliphatic carbocycles. The summed E-state index contributed by atoms with van der Waals surface area (Å²) in [4.78, 5) is 0. The summed E-state index contributed by atoms with van der Waals surface area (Å²) in [6.07, 6.45) is 4.67. The normalized spacial score (nSPS) is 24.9. The molecule has 62 valence electrons. The average molecular weight is 150 g/mol. The highest BCUT2D eigenvalue weighted by atomic mass is 14.3. The predicted octanol–water partition coefficient (Wildman–Crippen LogP) is 3.55. The molecular weight excluding hydrogens is 132 g/mol. The quantitative estimate of drug-likeness (QED) is 0.564. The van der Waals surface area contributed by atoms with Crippen LogP contribution in [0.15, 0.2) is 23.8 Å². The van der Waals surface area contributed by atoms with Gasteiger partial charge in [0.1, 0.15) is 0 Å². The van der Waals surface area contributed by atoms with Crippen molar-refractivity contribution in [1.82, 2.24) is 0 Å². The van der Waals surface area contributed by atoms with E-state index in [1.807, 2.05) is 6.08 Å². The number of hydrogen-bond acceptors (Lipinski definition) is 0. The number of hydrogen-bond donors (Lipinski definition) is 0. The first kappa shape index (κ1) is 8.58. The van der Waals surface area contributed by atoms with Crippen molar-refractivity contribution in [1.29, 1.82) is 0 Å². The molecule has 11 heavy (non-hydrogen) atoms. The molecular formula is C11H18. The maximum atomic E-state index is 3.87. The van der Waals surface area contributed by atoms with E-state index in [1.165, 1.54) is 18.4 Å². The van der Waals surface area contributed by atoms with Gasteiger partial charge in [-0.2, -0.15) is 0 Å². The monoisotopic (exact) mass is 150 g/mol. The lowest BCUT2D eigenvalue weighted by molar-refractivity contribution is 0.446. The van der Waals surface area contributed by atoms with Gasteiger partial charge in [0.05, 0.1) is 0 Å². The molecule has 0 aromatic rings. The molecule has 1 rings (SSSR count). The molecule has 1 aliphatic rings. The van der Waals surface area contributed by atoms with E-state index < -0.39 is 0 Å². The Hall–Kier alpha value is -0.520. The van der Waals surface area contributed by atoms with E-state index in [-0.39, 0.29) is 0 Å². The zero-order valence-corrected chi connectivity index (χ0v) is 7.85. The molecule has 0 aromatic heterocycles. The van der Waals surface area contributed by atoms with Crippen molar-refractivity contribution in [2.75, 3.05) is 0 Å². The largest absolute Gasteiger partial charge is 0.0988 e. The number of allylic oxidation sites excluding steroid dienone is 3. The van der Waals surface area contributed by atoms with Crippen LogP contribution >= 0.6 is 0 Å².